The molecule has 0 saturated heterocycles. The van der Waals surface area contributed by atoms with E-state index in [1.807, 2.05) is 36.7 Å². The van der Waals surface area contributed by atoms with Crippen molar-refractivity contribution in [1.29, 1.82) is 0 Å². The highest BCUT2D eigenvalue weighted by atomic mass is 16.6. The molecular formula is C16H19N2O2+. The van der Waals surface area contributed by atoms with Gasteiger partial charge in [0.2, 0.25) is 0 Å². The molecule has 1 aromatic carbocycles. The Morgan fingerprint density at radius 2 is 1.85 bits per heavy atom. The fourth-order valence-electron chi connectivity index (χ4n) is 2.15. The predicted molar refractivity (Wildman–Crippen MR) is 77.4 cm³/mol. The summed E-state index contributed by atoms with van der Waals surface area (Å²) in [6.07, 6.45) is 7.00. The number of para-hydroxylation sites is 1. The quantitative estimate of drug-likeness (QED) is 0.460. The lowest BCUT2D eigenvalue weighted by atomic mass is 10.0. The summed E-state index contributed by atoms with van der Waals surface area (Å²) in [6.45, 7) is 3.19. The van der Waals surface area contributed by atoms with Crippen LogP contribution in [0, 0.1) is 10.1 Å². The molecule has 2 rings (SSSR count). The van der Waals surface area contributed by atoms with Crippen LogP contribution >= 0.6 is 0 Å². The van der Waals surface area contributed by atoms with Gasteiger partial charge in [-0.1, -0.05) is 31.5 Å². The molecule has 0 saturated carbocycles. The number of hydrogen-bond donors (Lipinski definition) is 0. The second-order valence-corrected chi connectivity index (χ2v) is 4.86. The van der Waals surface area contributed by atoms with Gasteiger partial charge in [-0.25, -0.2) is 4.57 Å². The Bertz CT molecular complexity index is 579. The van der Waals surface area contributed by atoms with Crippen molar-refractivity contribution in [2.75, 3.05) is 0 Å². The molecule has 4 nitrogen and oxygen atoms in total. The largest absolute Gasteiger partial charge is 0.272 e. The molecule has 0 spiro atoms. The molecule has 0 aliphatic heterocycles. The van der Waals surface area contributed by atoms with Crippen molar-refractivity contribution < 1.29 is 9.49 Å². The molecule has 2 aromatic rings. The average Bonchev–Trinajstić information content (AvgIpc) is 2.47. The fraction of sp³-hybridized carbons (Fsp3) is 0.312. The Kier molecular flexibility index (Phi) is 4.82. The van der Waals surface area contributed by atoms with Gasteiger partial charge in [0.15, 0.2) is 12.4 Å². The molecule has 1 heterocycles. The third kappa shape index (κ3) is 3.63. The number of nitro benzene ring substituents is 1. The Morgan fingerprint density at radius 1 is 1.15 bits per heavy atom. The minimum absolute atomic E-state index is 0.190. The lowest BCUT2D eigenvalue weighted by molar-refractivity contribution is -0.697. The third-order valence-corrected chi connectivity index (χ3v) is 3.31. The summed E-state index contributed by atoms with van der Waals surface area (Å²) in [5.74, 6) is 0. The van der Waals surface area contributed by atoms with Crippen LogP contribution in [0.2, 0.25) is 0 Å². The van der Waals surface area contributed by atoms with Crippen LogP contribution in [0.4, 0.5) is 5.69 Å². The standard InChI is InChI=1S/C16H19N2O2/c1-2-3-10-17-11-8-14(9-12-17)13-15-6-4-5-7-16(15)18(19)20/h4-9,11-12H,2-3,10,13H2,1H3/q+1. The zero-order valence-corrected chi connectivity index (χ0v) is 11.7. The van der Waals surface area contributed by atoms with Crippen LogP contribution in [-0.4, -0.2) is 4.92 Å². The van der Waals surface area contributed by atoms with E-state index in [2.05, 4.69) is 11.5 Å². The summed E-state index contributed by atoms with van der Waals surface area (Å²) in [5.41, 5.74) is 2.03. The zero-order chi connectivity index (χ0) is 14.4. The van der Waals surface area contributed by atoms with E-state index >= 15 is 0 Å². The number of aryl methyl sites for hydroxylation is 1. The number of nitrogens with zero attached hydrogens (tertiary/aromatic N) is 2. The number of aromatic nitrogens is 1. The van der Waals surface area contributed by atoms with Gasteiger partial charge in [-0.3, -0.25) is 10.1 Å². The number of benzene rings is 1. The van der Waals surface area contributed by atoms with Gasteiger partial charge >= 0.3 is 0 Å². The number of rotatable bonds is 6. The molecule has 0 atom stereocenters. The Balaban J connectivity index is 2.12. The van der Waals surface area contributed by atoms with E-state index < -0.39 is 0 Å². The van der Waals surface area contributed by atoms with Crippen molar-refractivity contribution in [1.82, 2.24) is 0 Å². The molecule has 0 bridgehead atoms. The highest BCUT2D eigenvalue weighted by Gasteiger charge is 2.13. The lowest BCUT2D eigenvalue weighted by Crippen LogP contribution is -2.32. The van der Waals surface area contributed by atoms with Crippen LogP contribution in [0.3, 0.4) is 0 Å². The van der Waals surface area contributed by atoms with E-state index in [9.17, 15) is 10.1 Å². The summed E-state index contributed by atoms with van der Waals surface area (Å²) < 4.78 is 2.15. The molecule has 104 valence electrons. The highest BCUT2D eigenvalue weighted by Crippen LogP contribution is 2.20. The smallest absolute Gasteiger partial charge is 0.258 e. The van der Waals surface area contributed by atoms with Gasteiger partial charge in [0.25, 0.3) is 5.69 Å². The maximum absolute atomic E-state index is 11.0. The SMILES string of the molecule is CCCC[n+]1ccc(Cc2ccccc2[N+](=O)[O-])cc1. The van der Waals surface area contributed by atoms with E-state index in [-0.39, 0.29) is 10.6 Å². The highest BCUT2D eigenvalue weighted by molar-refractivity contribution is 5.42. The van der Waals surface area contributed by atoms with Crippen LogP contribution in [0.25, 0.3) is 0 Å². The van der Waals surface area contributed by atoms with Crippen LogP contribution in [0.1, 0.15) is 30.9 Å². The summed E-state index contributed by atoms with van der Waals surface area (Å²) in [6, 6.07) is 11.0. The van der Waals surface area contributed by atoms with Crippen LogP contribution in [0.15, 0.2) is 48.8 Å². The minimum atomic E-state index is -0.320. The number of nitro groups is 1. The van der Waals surface area contributed by atoms with Crippen LogP contribution in [0.5, 0.6) is 0 Å². The number of unbranched alkanes of at least 4 members (excludes halogenated alkanes) is 1. The summed E-state index contributed by atoms with van der Waals surface area (Å²) in [4.78, 5) is 10.7. The van der Waals surface area contributed by atoms with Crippen molar-refractivity contribution in [2.24, 2.45) is 0 Å². The summed E-state index contributed by atoms with van der Waals surface area (Å²) in [7, 11) is 0. The molecule has 0 aliphatic carbocycles. The van der Waals surface area contributed by atoms with Crippen molar-refractivity contribution >= 4 is 5.69 Å². The van der Waals surface area contributed by atoms with E-state index in [1.165, 1.54) is 6.42 Å². The monoisotopic (exact) mass is 271 g/mol. The Morgan fingerprint density at radius 3 is 2.50 bits per heavy atom. The van der Waals surface area contributed by atoms with Gasteiger partial charge in [-0.15, -0.1) is 0 Å². The fourth-order valence-corrected chi connectivity index (χ4v) is 2.15. The van der Waals surface area contributed by atoms with Gasteiger partial charge in [0, 0.05) is 36.6 Å². The van der Waals surface area contributed by atoms with E-state index in [1.54, 1.807) is 12.1 Å². The maximum Gasteiger partial charge on any atom is 0.272 e. The molecule has 0 unspecified atom stereocenters. The first-order chi connectivity index (χ1) is 9.70. The predicted octanol–water partition coefficient (Wildman–Crippen LogP) is 3.27. The number of hydrogen-bond acceptors (Lipinski definition) is 2. The molecule has 0 radical (unpaired) electrons. The first-order valence-corrected chi connectivity index (χ1v) is 6.91. The second kappa shape index (κ2) is 6.80. The van der Waals surface area contributed by atoms with Crippen molar-refractivity contribution in [3.05, 3.63) is 70.0 Å². The molecule has 0 N–H and O–H groups in total. The van der Waals surface area contributed by atoms with E-state index in [4.69, 9.17) is 0 Å². The third-order valence-electron chi connectivity index (χ3n) is 3.31. The van der Waals surface area contributed by atoms with Crippen molar-refractivity contribution in [2.45, 2.75) is 32.7 Å². The summed E-state index contributed by atoms with van der Waals surface area (Å²) >= 11 is 0. The maximum atomic E-state index is 11.0. The molecule has 0 aliphatic rings. The van der Waals surface area contributed by atoms with Gasteiger partial charge in [-0.05, 0) is 5.56 Å². The minimum Gasteiger partial charge on any atom is -0.258 e. The Labute approximate surface area is 118 Å². The van der Waals surface area contributed by atoms with Gasteiger partial charge in [-0.2, -0.15) is 0 Å². The zero-order valence-electron chi connectivity index (χ0n) is 11.7. The molecule has 4 heteroatoms. The average molecular weight is 271 g/mol. The molecule has 20 heavy (non-hydrogen) atoms. The second-order valence-electron chi connectivity index (χ2n) is 4.86. The normalized spacial score (nSPS) is 10.4. The van der Waals surface area contributed by atoms with Crippen molar-refractivity contribution in [3.8, 4) is 0 Å². The lowest BCUT2D eigenvalue weighted by Gasteiger charge is -2.03. The van der Waals surface area contributed by atoms with E-state index in [0.29, 0.717) is 6.42 Å². The van der Waals surface area contributed by atoms with Crippen LogP contribution < -0.4 is 4.57 Å². The molecular weight excluding hydrogens is 252 g/mol. The molecule has 0 amide bonds. The molecule has 1 aromatic heterocycles. The van der Waals surface area contributed by atoms with Gasteiger partial charge in [0.1, 0.15) is 6.54 Å². The Hall–Kier alpha value is -2.23. The van der Waals surface area contributed by atoms with E-state index in [0.717, 1.165) is 24.1 Å². The van der Waals surface area contributed by atoms with Gasteiger partial charge < -0.3 is 0 Å². The first kappa shape index (κ1) is 14.2. The van der Waals surface area contributed by atoms with Gasteiger partial charge in [0.05, 0.1) is 4.92 Å². The summed E-state index contributed by atoms with van der Waals surface area (Å²) in [5, 5.41) is 11.0. The topological polar surface area (TPSA) is 47.0 Å². The van der Waals surface area contributed by atoms with Crippen molar-refractivity contribution in [3.63, 3.8) is 0 Å². The molecule has 0 fully saturated rings. The first-order valence-electron chi connectivity index (χ1n) is 6.91. The van der Waals surface area contributed by atoms with Crippen LogP contribution in [-0.2, 0) is 13.0 Å². The number of pyridine rings is 1.